The molecule has 53 valence electrons. The van der Waals surface area contributed by atoms with E-state index in [1.807, 2.05) is 18.2 Å². The van der Waals surface area contributed by atoms with Gasteiger partial charge in [-0.3, -0.25) is 0 Å². The fourth-order valence-corrected chi connectivity index (χ4v) is 1.89. The molecule has 0 saturated carbocycles. The van der Waals surface area contributed by atoms with Crippen LogP contribution in [0.4, 0.5) is 0 Å². The Kier molecular flexibility index (Phi) is 2.65. The molecular formula is C8H12NSi. The summed E-state index contributed by atoms with van der Waals surface area (Å²) in [6.07, 6.45) is 0. The summed E-state index contributed by atoms with van der Waals surface area (Å²) in [5.41, 5.74) is 0. The van der Waals surface area contributed by atoms with Crippen LogP contribution < -0.4 is 10.6 Å². The Morgan fingerprint density at radius 3 is 2.40 bits per heavy atom. The molecule has 0 aromatic heterocycles. The summed E-state index contributed by atoms with van der Waals surface area (Å²) in [6, 6.07) is 11.4. The second-order valence-electron chi connectivity index (χ2n) is 2.24. The molecule has 0 fully saturated rings. The summed E-state index contributed by atoms with van der Waals surface area (Å²) in [5, 5.41) is 7.22. The van der Waals surface area contributed by atoms with Gasteiger partial charge in [0.05, 0.1) is 0 Å². The van der Waals surface area contributed by atoms with Crippen molar-refractivity contribution in [1.82, 2.24) is 0 Å². The number of hydrogen-bond donors (Lipinski definition) is 1. The van der Waals surface area contributed by atoms with Crippen LogP contribution in [0.2, 0.25) is 6.04 Å². The third-order valence-corrected chi connectivity index (χ3v) is 3.36. The summed E-state index contributed by atoms with van der Waals surface area (Å²) in [5.74, 6) is 0. The molecule has 1 aromatic carbocycles. The number of hydrogen-bond acceptors (Lipinski definition) is 1. The fourth-order valence-electron chi connectivity index (χ4n) is 0.856. The normalized spacial score (nSPS) is 10.3. The van der Waals surface area contributed by atoms with E-state index in [1.54, 1.807) is 0 Å². The maximum atomic E-state index is 5.90. The minimum absolute atomic E-state index is 0.707. The van der Waals surface area contributed by atoms with Gasteiger partial charge in [-0.15, -0.1) is 0 Å². The maximum absolute atomic E-state index is 5.90. The Bertz CT molecular complexity index is 186. The lowest BCUT2D eigenvalue weighted by Crippen LogP contribution is -2.38. The lowest BCUT2D eigenvalue weighted by atomic mass is 10.4. The predicted octanol–water partition coefficient (Wildman–Crippen LogP) is 0.864. The molecule has 0 saturated heterocycles. The molecule has 2 heteroatoms. The molecule has 0 aliphatic carbocycles. The van der Waals surface area contributed by atoms with E-state index in [-0.39, 0.29) is 0 Å². The van der Waals surface area contributed by atoms with E-state index in [4.69, 9.17) is 5.40 Å². The van der Waals surface area contributed by atoms with Gasteiger partial charge in [0, 0.05) is 0 Å². The molecule has 0 atom stereocenters. The smallest absolute Gasteiger partial charge is 0.166 e. The maximum Gasteiger partial charge on any atom is 0.166 e. The second kappa shape index (κ2) is 3.54. The van der Waals surface area contributed by atoms with Gasteiger partial charge < -0.3 is 5.40 Å². The summed E-state index contributed by atoms with van der Waals surface area (Å²) < 4.78 is 0. The van der Waals surface area contributed by atoms with E-state index < -0.39 is 8.96 Å². The van der Waals surface area contributed by atoms with Crippen molar-refractivity contribution in [2.45, 2.75) is 13.0 Å². The second-order valence-corrected chi connectivity index (χ2v) is 4.58. The van der Waals surface area contributed by atoms with Crippen LogP contribution in [-0.2, 0) is 0 Å². The van der Waals surface area contributed by atoms with Crippen LogP contribution in [0.15, 0.2) is 30.3 Å². The molecule has 0 bridgehead atoms. The van der Waals surface area contributed by atoms with Crippen molar-refractivity contribution in [2.24, 2.45) is 5.40 Å². The molecule has 0 heterocycles. The molecule has 1 radical (unpaired) electrons. The monoisotopic (exact) mass is 150 g/mol. The van der Waals surface area contributed by atoms with Crippen LogP contribution in [-0.4, -0.2) is 8.96 Å². The average molecular weight is 150 g/mol. The van der Waals surface area contributed by atoms with Gasteiger partial charge in [-0.05, 0) is 11.2 Å². The largest absolute Gasteiger partial charge is 0.348 e. The van der Waals surface area contributed by atoms with E-state index in [0.717, 1.165) is 6.04 Å². The van der Waals surface area contributed by atoms with Gasteiger partial charge >= 0.3 is 0 Å². The first kappa shape index (κ1) is 7.50. The quantitative estimate of drug-likeness (QED) is 0.622. The first-order chi connectivity index (χ1) is 4.84. The zero-order valence-corrected chi connectivity index (χ0v) is 7.17. The topological polar surface area (TPSA) is 26.0 Å². The van der Waals surface area contributed by atoms with Crippen molar-refractivity contribution in [3.8, 4) is 0 Å². The average Bonchev–Trinajstić information content (AvgIpc) is 2.05. The van der Waals surface area contributed by atoms with Crippen LogP contribution in [0.1, 0.15) is 6.92 Å². The van der Waals surface area contributed by atoms with Gasteiger partial charge in [0.15, 0.2) is 8.96 Å². The molecule has 0 aliphatic heterocycles. The molecule has 0 unspecified atom stereocenters. The molecule has 1 rings (SSSR count). The highest BCUT2D eigenvalue weighted by Gasteiger charge is 2.03. The zero-order chi connectivity index (χ0) is 7.40. The van der Waals surface area contributed by atoms with E-state index in [0.29, 0.717) is 0 Å². The van der Waals surface area contributed by atoms with Gasteiger partial charge in [-0.2, -0.15) is 0 Å². The Morgan fingerprint density at radius 1 is 1.30 bits per heavy atom. The first-order valence-corrected chi connectivity index (χ1v) is 5.29. The highest BCUT2D eigenvalue weighted by Crippen LogP contribution is 1.87. The summed E-state index contributed by atoms with van der Waals surface area (Å²) >= 11 is 0. The molecule has 1 aromatic rings. The minimum atomic E-state index is -0.707. The van der Waals surface area contributed by atoms with Crippen LogP contribution in [0.3, 0.4) is 0 Å². The van der Waals surface area contributed by atoms with Crippen molar-refractivity contribution >= 4 is 14.1 Å². The molecule has 0 aliphatic rings. The molecular weight excluding hydrogens is 138 g/mol. The lowest BCUT2D eigenvalue weighted by Gasteiger charge is -2.03. The van der Waals surface area contributed by atoms with Crippen LogP contribution in [0.25, 0.3) is 0 Å². The van der Waals surface area contributed by atoms with Crippen LogP contribution in [0.5, 0.6) is 0 Å². The highest BCUT2D eigenvalue weighted by atomic mass is 28.3. The van der Waals surface area contributed by atoms with Gasteiger partial charge in [-0.1, -0.05) is 37.3 Å². The van der Waals surface area contributed by atoms with Crippen molar-refractivity contribution in [2.75, 3.05) is 0 Å². The Labute approximate surface area is 63.6 Å². The highest BCUT2D eigenvalue weighted by molar-refractivity contribution is 6.70. The Hall–Kier alpha value is -0.603. The van der Waals surface area contributed by atoms with E-state index in [2.05, 4.69) is 19.1 Å². The fraction of sp³-hybridized carbons (Fsp3) is 0.250. The number of benzene rings is 1. The van der Waals surface area contributed by atoms with E-state index in [1.165, 1.54) is 5.19 Å². The third kappa shape index (κ3) is 1.69. The lowest BCUT2D eigenvalue weighted by molar-refractivity contribution is 1.40. The number of rotatable bonds is 2. The standard InChI is InChI=1S/C8H12NSi/c1-2-10(9)8-6-4-3-5-7-8/h3-7H,2,9H2,1H3. The number of nitrogens with two attached hydrogens (primary N) is 1. The molecule has 10 heavy (non-hydrogen) atoms. The van der Waals surface area contributed by atoms with Crippen molar-refractivity contribution in [3.63, 3.8) is 0 Å². The first-order valence-electron chi connectivity index (χ1n) is 3.51. The SMILES string of the molecule is CC[Si](N)c1ccccc1. The van der Waals surface area contributed by atoms with Gasteiger partial charge in [0.25, 0.3) is 0 Å². The minimum Gasteiger partial charge on any atom is -0.348 e. The summed E-state index contributed by atoms with van der Waals surface area (Å²) in [4.78, 5) is 0. The Balaban J connectivity index is 2.75. The molecule has 0 amide bonds. The molecule has 1 nitrogen and oxygen atoms in total. The van der Waals surface area contributed by atoms with Crippen molar-refractivity contribution < 1.29 is 0 Å². The van der Waals surface area contributed by atoms with Gasteiger partial charge in [0.1, 0.15) is 0 Å². The van der Waals surface area contributed by atoms with Gasteiger partial charge in [-0.25, -0.2) is 0 Å². The van der Waals surface area contributed by atoms with E-state index in [9.17, 15) is 0 Å². The van der Waals surface area contributed by atoms with Crippen molar-refractivity contribution in [3.05, 3.63) is 30.3 Å². The zero-order valence-electron chi connectivity index (χ0n) is 6.17. The molecule has 0 spiro atoms. The van der Waals surface area contributed by atoms with Crippen LogP contribution >= 0.6 is 0 Å². The third-order valence-electron chi connectivity index (χ3n) is 1.53. The van der Waals surface area contributed by atoms with Crippen molar-refractivity contribution in [1.29, 1.82) is 0 Å². The van der Waals surface area contributed by atoms with Gasteiger partial charge in [0.2, 0.25) is 0 Å². The summed E-state index contributed by atoms with van der Waals surface area (Å²) in [6.45, 7) is 2.14. The molecule has 2 N–H and O–H groups in total. The van der Waals surface area contributed by atoms with E-state index >= 15 is 0 Å². The predicted molar refractivity (Wildman–Crippen MR) is 46.5 cm³/mol. The van der Waals surface area contributed by atoms with Crippen LogP contribution in [0, 0.1) is 0 Å². The Morgan fingerprint density at radius 2 is 1.90 bits per heavy atom. The summed E-state index contributed by atoms with van der Waals surface area (Å²) in [7, 11) is -0.707.